The molecule has 0 saturated carbocycles. The highest BCUT2D eigenvalue weighted by atomic mass is 16.6. The van der Waals surface area contributed by atoms with Gasteiger partial charge in [0.05, 0.1) is 5.92 Å². The number of phenols is 1. The third kappa shape index (κ3) is 3.01. The van der Waals surface area contributed by atoms with Crippen molar-refractivity contribution in [1.82, 2.24) is 5.32 Å². The van der Waals surface area contributed by atoms with Crippen LogP contribution in [0.1, 0.15) is 29.5 Å². The SMILES string of the molecule is O=C1C[C@@H](c2ccccc2)[C@H]([N+](=O)[O-])[C@@H](c2ccc(O)cc2)N1. The second-order valence-corrected chi connectivity index (χ2v) is 5.63. The lowest BCUT2D eigenvalue weighted by molar-refractivity contribution is -0.533. The fourth-order valence-electron chi connectivity index (χ4n) is 3.12. The average Bonchev–Trinajstić information content (AvgIpc) is 2.55. The number of benzene rings is 2. The minimum atomic E-state index is -0.959. The van der Waals surface area contributed by atoms with Gasteiger partial charge in [-0.05, 0) is 23.3 Å². The number of nitrogens with zero attached hydrogens (tertiary/aromatic N) is 1. The second kappa shape index (κ2) is 6.08. The fourth-order valence-corrected chi connectivity index (χ4v) is 3.12. The molecule has 2 aromatic carbocycles. The fraction of sp³-hybridized carbons (Fsp3) is 0.235. The molecule has 1 amide bonds. The summed E-state index contributed by atoms with van der Waals surface area (Å²) in [6.45, 7) is 0. The van der Waals surface area contributed by atoms with E-state index in [-0.39, 0.29) is 23.0 Å². The van der Waals surface area contributed by atoms with Gasteiger partial charge in [-0.1, -0.05) is 42.5 Å². The maximum Gasteiger partial charge on any atom is 0.244 e. The van der Waals surface area contributed by atoms with Crippen LogP contribution >= 0.6 is 0 Å². The molecule has 2 aromatic rings. The predicted molar refractivity (Wildman–Crippen MR) is 83.6 cm³/mol. The lowest BCUT2D eigenvalue weighted by atomic mass is 9.79. The minimum Gasteiger partial charge on any atom is -0.508 e. The van der Waals surface area contributed by atoms with Gasteiger partial charge in [-0.15, -0.1) is 0 Å². The number of carbonyl (C=O) groups excluding carboxylic acids is 1. The molecule has 118 valence electrons. The zero-order valence-corrected chi connectivity index (χ0v) is 12.3. The van der Waals surface area contributed by atoms with Crippen molar-refractivity contribution >= 4 is 5.91 Å². The van der Waals surface area contributed by atoms with E-state index in [1.54, 1.807) is 12.1 Å². The monoisotopic (exact) mass is 312 g/mol. The molecule has 0 spiro atoms. The minimum absolute atomic E-state index is 0.0770. The molecule has 1 heterocycles. The maximum atomic E-state index is 12.1. The molecular formula is C17H16N2O4. The van der Waals surface area contributed by atoms with Crippen LogP contribution in [0.3, 0.4) is 0 Å². The van der Waals surface area contributed by atoms with Crippen LogP contribution < -0.4 is 5.32 Å². The van der Waals surface area contributed by atoms with Crippen molar-refractivity contribution < 1.29 is 14.8 Å². The topological polar surface area (TPSA) is 92.5 Å². The summed E-state index contributed by atoms with van der Waals surface area (Å²) >= 11 is 0. The largest absolute Gasteiger partial charge is 0.508 e. The third-order valence-corrected chi connectivity index (χ3v) is 4.20. The molecule has 6 heteroatoms. The molecule has 0 radical (unpaired) electrons. The van der Waals surface area contributed by atoms with E-state index in [4.69, 9.17) is 0 Å². The van der Waals surface area contributed by atoms with Crippen molar-refractivity contribution in [1.29, 1.82) is 0 Å². The van der Waals surface area contributed by atoms with Gasteiger partial charge in [0, 0.05) is 11.3 Å². The van der Waals surface area contributed by atoms with Crippen molar-refractivity contribution in [3.63, 3.8) is 0 Å². The smallest absolute Gasteiger partial charge is 0.244 e. The maximum absolute atomic E-state index is 12.1. The van der Waals surface area contributed by atoms with Gasteiger partial charge in [0.1, 0.15) is 11.8 Å². The highest BCUT2D eigenvalue weighted by molar-refractivity contribution is 5.79. The van der Waals surface area contributed by atoms with Crippen molar-refractivity contribution in [2.75, 3.05) is 0 Å². The number of hydrogen-bond acceptors (Lipinski definition) is 4. The summed E-state index contributed by atoms with van der Waals surface area (Å²) in [7, 11) is 0. The highest BCUT2D eigenvalue weighted by Crippen LogP contribution is 2.37. The Bertz CT molecular complexity index is 715. The Hall–Kier alpha value is -2.89. The number of rotatable bonds is 3. The average molecular weight is 312 g/mol. The Morgan fingerprint density at radius 2 is 1.70 bits per heavy atom. The van der Waals surface area contributed by atoms with Gasteiger partial charge in [0.25, 0.3) is 0 Å². The van der Waals surface area contributed by atoms with E-state index < -0.39 is 18.0 Å². The van der Waals surface area contributed by atoms with Crippen molar-refractivity contribution in [2.45, 2.75) is 24.4 Å². The molecule has 3 atom stereocenters. The van der Waals surface area contributed by atoms with Gasteiger partial charge in [0.15, 0.2) is 0 Å². The van der Waals surface area contributed by atoms with Crippen molar-refractivity contribution in [3.05, 3.63) is 75.8 Å². The summed E-state index contributed by atoms with van der Waals surface area (Å²) in [5, 5.41) is 23.8. The number of piperidine rings is 1. The summed E-state index contributed by atoms with van der Waals surface area (Å²) in [6, 6.07) is 13.5. The standard InChI is InChI=1S/C17H16N2O4/c20-13-8-6-12(7-9-13)16-17(19(22)23)14(10-15(21)18-16)11-4-2-1-3-5-11/h1-9,14,16-17,20H,10H2,(H,18,21)/t14-,16+,17-/m0/s1. The number of hydrogen-bond donors (Lipinski definition) is 2. The van der Waals surface area contributed by atoms with Crippen LogP contribution in [0, 0.1) is 10.1 Å². The first-order valence-electron chi connectivity index (χ1n) is 7.33. The van der Waals surface area contributed by atoms with Crippen LogP contribution in [0.5, 0.6) is 5.75 Å². The van der Waals surface area contributed by atoms with Crippen LogP contribution in [-0.4, -0.2) is 22.0 Å². The van der Waals surface area contributed by atoms with Crippen molar-refractivity contribution in [3.8, 4) is 5.75 Å². The van der Waals surface area contributed by atoms with Crippen LogP contribution in [0.2, 0.25) is 0 Å². The predicted octanol–water partition coefficient (Wildman–Crippen LogP) is 2.38. The third-order valence-electron chi connectivity index (χ3n) is 4.20. The summed E-state index contributed by atoms with van der Waals surface area (Å²) < 4.78 is 0. The van der Waals surface area contributed by atoms with E-state index in [9.17, 15) is 20.0 Å². The molecule has 3 rings (SSSR count). The molecule has 23 heavy (non-hydrogen) atoms. The summed E-state index contributed by atoms with van der Waals surface area (Å²) in [6.07, 6.45) is 0.0875. The first kappa shape index (κ1) is 15.0. The second-order valence-electron chi connectivity index (χ2n) is 5.63. The summed E-state index contributed by atoms with van der Waals surface area (Å²) in [4.78, 5) is 23.5. The lowest BCUT2D eigenvalue weighted by Gasteiger charge is -2.33. The van der Waals surface area contributed by atoms with E-state index in [2.05, 4.69) is 5.32 Å². The van der Waals surface area contributed by atoms with E-state index in [0.29, 0.717) is 5.56 Å². The Balaban J connectivity index is 2.02. The Morgan fingerprint density at radius 1 is 1.04 bits per heavy atom. The molecule has 2 N–H and O–H groups in total. The Kier molecular flexibility index (Phi) is 3.97. The lowest BCUT2D eigenvalue weighted by Crippen LogP contribution is -2.49. The van der Waals surface area contributed by atoms with Crippen LogP contribution in [0.25, 0.3) is 0 Å². The zero-order valence-electron chi connectivity index (χ0n) is 12.3. The van der Waals surface area contributed by atoms with E-state index >= 15 is 0 Å². The number of phenolic OH excluding ortho intramolecular Hbond substituents is 1. The normalized spacial score (nSPS) is 24.0. The Labute approximate surface area is 132 Å². The summed E-state index contributed by atoms with van der Waals surface area (Å²) in [5.74, 6) is -0.623. The van der Waals surface area contributed by atoms with Gasteiger partial charge in [-0.25, -0.2) is 0 Å². The molecule has 0 unspecified atom stereocenters. The molecule has 0 bridgehead atoms. The molecule has 0 aromatic heterocycles. The number of amides is 1. The molecule has 1 fully saturated rings. The molecule has 0 aliphatic carbocycles. The number of nitrogens with one attached hydrogen (secondary N) is 1. The first-order valence-corrected chi connectivity index (χ1v) is 7.33. The quantitative estimate of drug-likeness (QED) is 0.672. The number of nitro groups is 1. The van der Waals surface area contributed by atoms with Gasteiger partial charge in [-0.2, -0.15) is 0 Å². The van der Waals surface area contributed by atoms with E-state index in [1.165, 1.54) is 12.1 Å². The van der Waals surface area contributed by atoms with Gasteiger partial charge >= 0.3 is 0 Å². The van der Waals surface area contributed by atoms with Crippen molar-refractivity contribution in [2.24, 2.45) is 0 Å². The van der Waals surface area contributed by atoms with Gasteiger partial charge in [-0.3, -0.25) is 14.9 Å². The van der Waals surface area contributed by atoms with Gasteiger partial charge in [0.2, 0.25) is 11.9 Å². The van der Waals surface area contributed by atoms with Crippen LogP contribution in [0.15, 0.2) is 54.6 Å². The van der Waals surface area contributed by atoms with E-state index in [1.807, 2.05) is 30.3 Å². The van der Waals surface area contributed by atoms with Gasteiger partial charge < -0.3 is 10.4 Å². The van der Waals surface area contributed by atoms with Crippen LogP contribution in [0.4, 0.5) is 0 Å². The molecule has 1 aliphatic rings. The molecule has 1 saturated heterocycles. The first-order chi connectivity index (χ1) is 11.1. The number of aromatic hydroxyl groups is 1. The molecular weight excluding hydrogens is 296 g/mol. The molecule has 1 aliphatic heterocycles. The Morgan fingerprint density at radius 3 is 2.30 bits per heavy atom. The van der Waals surface area contributed by atoms with E-state index in [0.717, 1.165) is 5.56 Å². The highest BCUT2D eigenvalue weighted by Gasteiger charge is 2.46. The zero-order chi connectivity index (χ0) is 16.4. The number of carbonyl (C=O) groups is 1. The van der Waals surface area contributed by atoms with Crippen LogP contribution in [-0.2, 0) is 4.79 Å². The summed E-state index contributed by atoms with van der Waals surface area (Å²) in [5.41, 5.74) is 1.39. The molecule has 6 nitrogen and oxygen atoms in total.